The van der Waals surface area contributed by atoms with Crippen molar-refractivity contribution in [1.82, 2.24) is 19.8 Å². The molecule has 5 nitrogen and oxygen atoms in total. The van der Waals surface area contributed by atoms with Gasteiger partial charge in [0, 0.05) is 23.4 Å². The van der Waals surface area contributed by atoms with Gasteiger partial charge in [0.05, 0.1) is 5.69 Å². The molecule has 0 aliphatic rings. The third-order valence-electron chi connectivity index (χ3n) is 4.87. The third kappa shape index (κ3) is 2.87. The van der Waals surface area contributed by atoms with E-state index in [0.29, 0.717) is 6.42 Å². The number of para-hydroxylation sites is 1. The zero-order chi connectivity index (χ0) is 18.5. The van der Waals surface area contributed by atoms with Gasteiger partial charge in [-0.25, -0.2) is 9.50 Å². The van der Waals surface area contributed by atoms with Crippen molar-refractivity contribution in [2.75, 3.05) is 0 Å². The van der Waals surface area contributed by atoms with Crippen LogP contribution >= 0.6 is 0 Å². The maximum atomic E-state index is 5.49. The number of pyridine rings is 1. The molecule has 5 heteroatoms. The molecule has 0 unspecified atom stereocenters. The molecule has 0 aliphatic carbocycles. The van der Waals surface area contributed by atoms with Crippen molar-refractivity contribution < 1.29 is 4.52 Å². The predicted molar refractivity (Wildman–Crippen MR) is 102 cm³/mol. The van der Waals surface area contributed by atoms with E-state index in [9.17, 15) is 0 Å². The maximum absolute atomic E-state index is 5.49. The Hall–Kier alpha value is -2.69. The molecule has 0 radical (unpaired) electrons. The van der Waals surface area contributed by atoms with Gasteiger partial charge in [0.2, 0.25) is 0 Å². The number of hydrogen-bond acceptors (Lipinski definition) is 4. The van der Waals surface area contributed by atoms with Crippen molar-refractivity contribution in [3.63, 3.8) is 0 Å². The van der Waals surface area contributed by atoms with Crippen LogP contribution in [0.3, 0.4) is 0 Å². The van der Waals surface area contributed by atoms with Crippen LogP contribution in [-0.2, 0) is 17.3 Å². The Kier molecular flexibility index (Phi) is 3.65. The summed E-state index contributed by atoms with van der Waals surface area (Å²) in [6, 6.07) is 12.2. The largest absolute Gasteiger partial charge is 0.356 e. The lowest BCUT2D eigenvalue weighted by atomic mass is 9.84. The minimum Gasteiger partial charge on any atom is -0.356 e. The van der Waals surface area contributed by atoms with Crippen LogP contribution in [0.2, 0.25) is 0 Å². The molecule has 0 bridgehead atoms. The van der Waals surface area contributed by atoms with Gasteiger partial charge in [-0.15, -0.1) is 0 Å². The normalized spacial score (nSPS) is 13.0. The van der Waals surface area contributed by atoms with E-state index in [-0.39, 0.29) is 10.8 Å². The molecular formula is C21H24N4O. The average Bonchev–Trinajstić information content (AvgIpc) is 3.16. The molecule has 0 aliphatic heterocycles. The lowest BCUT2D eigenvalue weighted by molar-refractivity contribution is 0.403. The van der Waals surface area contributed by atoms with E-state index in [2.05, 4.69) is 63.1 Å². The molecular weight excluding hydrogens is 324 g/mol. The highest BCUT2D eigenvalue weighted by Gasteiger charge is 2.29. The van der Waals surface area contributed by atoms with Crippen molar-refractivity contribution in [3.05, 3.63) is 59.7 Å². The monoisotopic (exact) mass is 348 g/mol. The van der Waals surface area contributed by atoms with Crippen LogP contribution in [0.15, 0.2) is 47.1 Å². The van der Waals surface area contributed by atoms with Crippen molar-refractivity contribution in [2.45, 2.75) is 51.9 Å². The van der Waals surface area contributed by atoms with Crippen molar-refractivity contribution >= 4 is 16.6 Å². The average molecular weight is 348 g/mol. The first-order chi connectivity index (χ1) is 12.2. The van der Waals surface area contributed by atoms with Gasteiger partial charge >= 0.3 is 0 Å². The van der Waals surface area contributed by atoms with Crippen LogP contribution in [0.5, 0.6) is 0 Å². The third-order valence-corrected chi connectivity index (χ3v) is 4.87. The van der Waals surface area contributed by atoms with Crippen molar-refractivity contribution in [3.8, 4) is 0 Å². The Morgan fingerprint density at radius 1 is 1.04 bits per heavy atom. The SMILES string of the molecule is CC(C)(C)c1ccn2nc(CC(C)(C)c3noc4ccccc34)nc2c1. The molecule has 0 spiro atoms. The second kappa shape index (κ2) is 5.66. The van der Waals surface area contributed by atoms with Crippen LogP contribution in [-0.4, -0.2) is 19.8 Å². The van der Waals surface area contributed by atoms with Crippen LogP contribution in [0.25, 0.3) is 16.6 Å². The molecule has 3 heterocycles. The second-order valence-electron chi connectivity index (χ2n) is 8.58. The first-order valence-electron chi connectivity index (χ1n) is 8.95. The van der Waals surface area contributed by atoms with Crippen LogP contribution in [0, 0.1) is 0 Å². The highest BCUT2D eigenvalue weighted by Crippen LogP contribution is 2.32. The van der Waals surface area contributed by atoms with E-state index in [1.807, 2.05) is 28.9 Å². The zero-order valence-corrected chi connectivity index (χ0v) is 15.9. The molecule has 4 rings (SSSR count). The Morgan fingerprint density at radius 3 is 2.58 bits per heavy atom. The number of rotatable bonds is 3. The highest BCUT2D eigenvalue weighted by atomic mass is 16.5. The molecule has 0 fully saturated rings. The summed E-state index contributed by atoms with van der Waals surface area (Å²) >= 11 is 0. The molecule has 4 aromatic rings. The molecule has 0 atom stereocenters. The molecule has 0 saturated heterocycles. The first kappa shape index (κ1) is 16.8. The Bertz CT molecular complexity index is 1080. The number of aromatic nitrogens is 4. The van der Waals surface area contributed by atoms with Gasteiger partial charge in [-0.3, -0.25) is 0 Å². The number of benzene rings is 1. The Balaban J connectivity index is 1.69. The first-order valence-corrected chi connectivity index (χ1v) is 8.95. The molecule has 26 heavy (non-hydrogen) atoms. The summed E-state index contributed by atoms with van der Waals surface area (Å²) in [6.07, 6.45) is 2.68. The summed E-state index contributed by atoms with van der Waals surface area (Å²) in [5, 5.41) is 10.0. The summed E-state index contributed by atoms with van der Waals surface area (Å²) < 4.78 is 7.34. The second-order valence-corrected chi connectivity index (χ2v) is 8.58. The number of nitrogens with zero attached hydrogens (tertiary/aromatic N) is 4. The molecule has 1 aromatic carbocycles. The van der Waals surface area contributed by atoms with E-state index in [4.69, 9.17) is 9.51 Å². The Labute approximate surface area is 153 Å². The highest BCUT2D eigenvalue weighted by molar-refractivity contribution is 5.80. The van der Waals surface area contributed by atoms with Crippen LogP contribution in [0.1, 0.15) is 51.7 Å². The van der Waals surface area contributed by atoms with Gasteiger partial charge in [0.15, 0.2) is 17.1 Å². The number of fused-ring (bicyclic) bond motifs is 2. The molecule has 0 amide bonds. The topological polar surface area (TPSA) is 56.2 Å². The van der Waals surface area contributed by atoms with Crippen LogP contribution in [0.4, 0.5) is 0 Å². The van der Waals surface area contributed by atoms with Gasteiger partial charge < -0.3 is 4.52 Å². The fourth-order valence-electron chi connectivity index (χ4n) is 3.32. The fourth-order valence-corrected chi connectivity index (χ4v) is 3.32. The summed E-state index contributed by atoms with van der Waals surface area (Å²) in [4.78, 5) is 4.76. The van der Waals surface area contributed by atoms with Crippen molar-refractivity contribution in [2.24, 2.45) is 0 Å². The van der Waals surface area contributed by atoms with Gasteiger partial charge in [0.1, 0.15) is 0 Å². The van der Waals surface area contributed by atoms with Crippen LogP contribution < -0.4 is 0 Å². The summed E-state index contributed by atoms with van der Waals surface area (Å²) in [5.74, 6) is 0.813. The van der Waals surface area contributed by atoms with E-state index in [0.717, 1.165) is 28.1 Å². The summed E-state index contributed by atoms with van der Waals surface area (Å²) in [7, 11) is 0. The van der Waals surface area contributed by atoms with Crippen molar-refractivity contribution in [1.29, 1.82) is 0 Å². The lowest BCUT2D eigenvalue weighted by Crippen LogP contribution is -2.22. The van der Waals surface area contributed by atoms with E-state index >= 15 is 0 Å². The predicted octanol–water partition coefficient (Wildman–Crippen LogP) is 4.69. The van der Waals surface area contributed by atoms with Gasteiger partial charge in [0.25, 0.3) is 0 Å². The number of hydrogen-bond donors (Lipinski definition) is 0. The Morgan fingerprint density at radius 2 is 1.81 bits per heavy atom. The molecule has 134 valence electrons. The lowest BCUT2D eigenvalue weighted by Gasteiger charge is -2.20. The fraction of sp³-hybridized carbons (Fsp3) is 0.381. The van der Waals surface area contributed by atoms with Gasteiger partial charge in [-0.2, -0.15) is 5.10 Å². The van der Waals surface area contributed by atoms with Gasteiger partial charge in [-0.05, 0) is 35.2 Å². The summed E-state index contributed by atoms with van der Waals surface area (Å²) in [5.41, 5.74) is 3.76. The van der Waals surface area contributed by atoms with E-state index in [1.165, 1.54) is 5.56 Å². The smallest absolute Gasteiger partial charge is 0.167 e. The molecule has 0 saturated carbocycles. The maximum Gasteiger partial charge on any atom is 0.167 e. The summed E-state index contributed by atoms with van der Waals surface area (Å²) in [6.45, 7) is 10.9. The zero-order valence-electron chi connectivity index (χ0n) is 15.9. The van der Waals surface area contributed by atoms with E-state index in [1.54, 1.807) is 0 Å². The molecule has 3 aromatic heterocycles. The molecule has 0 N–H and O–H groups in total. The quantitative estimate of drug-likeness (QED) is 0.539. The standard InChI is InChI=1S/C21H24N4O/c1-20(2,3)14-10-11-25-18(12-14)22-17(23-25)13-21(4,5)19-15-8-6-7-9-16(15)26-24-19/h6-12H,13H2,1-5H3. The minimum atomic E-state index is -0.232. The minimum absolute atomic E-state index is 0.0900. The van der Waals surface area contributed by atoms with Gasteiger partial charge in [-0.1, -0.05) is 51.9 Å². The van der Waals surface area contributed by atoms with E-state index < -0.39 is 0 Å².